The molecule has 0 bridgehead atoms. The van der Waals surface area contributed by atoms with Crippen molar-refractivity contribution in [3.8, 4) is 22.3 Å². The summed E-state index contributed by atoms with van der Waals surface area (Å²) in [7, 11) is 0. The molecule has 1 aromatic heterocycles. The normalized spacial score (nSPS) is 13.5. The van der Waals surface area contributed by atoms with Crippen molar-refractivity contribution in [3.05, 3.63) is 216 Å². The average molecular weight is 992 g/mol. The first-order chi connectivity index (χ1) is 36.1. The second-order valence-corrected chi connectivity index (χ2v) is 25.6. The van der Waals surface area contributed by atoms with Gasteiger partial charge < -0.3 is 19.0 Å². The van der Waals surface area contributed by atoms with Crippen LogP contribution in [-0.2, 0) is 21.7 Å². The molecule has 0 radical (unpaired) electrons. The van der Waals surface area contributed by atoms with Crippen molar-refractivity contribution in [2.75, 3.05) is 14.6 Å². The summed E-state index contributed by atoms with van der Waals surface area (Å²) in [5, 5.41) is 2.24. The second-order valence-electron chi connectivity index (χ2n) is 25.6. The first kappa shape index (κ1) is 49.1. The van der Waals surface area contributed by atoms with Gasteiger partial charge in [0, 0.05) is 67.8 Å². The predicted octanol–water partition coefficient (Wildman–Crippen LogP) is 18.9. The first-order valence-electron chi connectivity index (χ1n) is 27.3. The summed E-state index contributed by atoms with van der Waals surface area (Å²) in [5.74, 6) is 0. The third-order valence-corrected chi connectivity index (χ3v) is 16.1. The van der Waals surface area contributed by atoms with E-state index in [0.29, 0.717) is 0 Å². The van der Waals surface area contributed by atoms with Gasteiger partial charge in [-0.2, -0.15) is 0 Å². The Kier molecular flexibility index (Phi) is 11.4. The van der Waals surface area contributed by atoms with E-state index in [1.807, 2.05) is 0 Å². The van der Waals surface area contributed by atoms with Crippen LogP contribution in [-0.4, -0.2) is 6.85 Å². The Bertz CT molecular complexity index is 3800. The smallest absolute Gasteiger partial charge is 0.333 e. The van der Waals surface area contributed by atoms with E-state index in [-0.39, 0.29) is 28.5 Å². The van der Waals surface area contributed by atoms with Crippen LogP contribution in [0.3, 0.4) is 0 Å². The highest BCUT2D eigenvalue weighted by atomic mass is 16.3. The fraction of sp³-hybridized carbons (Fsp3) is 0.239. The molecule has 76 heavy (non-hydrogen) atoms. The molecule has 0 unspecified atom stereocenters. The largest absolute Gasteiger partial charge is 0.456 e. The van der Waals surface area contributed by atoms with Gasteiger partial charge in [0.1, 0.15) is 11.2 Å². The zero-order valence-corrected chi connectivity index (χ0v) is 46.7. The van der Waals surface area contributed by atoms with Crippen molar-refractivity contribution in [1.82, 2.24) is 0 Å². The van der Waals surface area contributed by atoms with Crippen LogP contribution in [0.15, 0.2) is 192 Å². The van der Waals surface area contributed by atoms with Crippen LogP contribution in [0.2, 0.25) is 0 Å². The minimum atomic E-state index is -0.186. The monoisotopic (exact) mass is 992 g/mol. The molecule has 0 aliphatic carbocycles. The SMILES string of the molecule is Cc1cc2c3c(c1)N(c1ccc(C(C)(C)C)cc1-c1ccccc1)c1cc4oc5ccccc5c4cc1B3N(c1ccc(C(C)(C)C)cc1)c1ccc(N(c3ccc(C(C)(C)C)cc3)c3ccc(C(C)(C)C)cc3)cc1-2. The molecule has 0 atom stereocenters. The van der Waals surface area contributed by atoms with Gasteiger partial charge in [-0.15, -0.1) is 0 Å². The van der Waals surface area contributed by atoms with Crippen LogP contribution in [0.1, 0.15) is 111 Å². The summed E-state index contributed by atoms with van der Waals surface area (Å²) in [5.41, 5.74) is 24.6. The van der Waals surface area contributed by atoms with Crippen LogP contribution >= 0.6 is 0 Å². The maximum absolute atomic E-state index is 6.82. The van der Waals surface area contributed by atoms with E-state index in [1.54, 1.807) is 0 Å². The lowest BCUT2D eigenvalue weighted by Crippen LogP contribution is -2.61. The number of anilines is 8. The van der Waals surface area contributed by atoms with E-state index in [0.717, 1.165) is 56.1 Å². The van der Waals surface area contributed by atoms with Crippen LogP contribution in [0.25, 0.3) is 44.2 Å². The van der Waals surface area contributed by atoms with Gasteiger partial charge in [0.25, 0.3) is 0 Å². The number of rotatable bonds is 6. The number of para-hydroxylation sites is 1. The molecule has 0 N–H and O–H groups in total. The lowest BCUT2D eigenvalue weighted by molar-refractivity contribution is 0.590. The predicted molar refractivity (Wildman–Crippen MR) is 327 cm³/mol. The second kappa shape index (κ2) is 17.7. The van der Waals surface area contributed by atoms with E-state index in [9.17, 15) is 0 Å². The molecule has 0 saturated carbocycles. The third kappa shape index (κ3) is 8.40. The van der Waals surface area contributed by atoms with Gasteiger partial charge in [0.05, 0.1) is 5.69 Å². The summed E-state index contributed by atoms with van der Waals surface area (Å²) in [4.78, 5) is 7.65. The van der Waals surface area contributed by atoms with Gasteiger partial charge >= 0.3 is 6.85 Å². The zero-order chi connectivity index (χ0) is 53.2. The van der Waals surface area contributed by atoms with Crippen LogP contribution in [0.4, 0.5) is 45.5 Å². The van der Waals surface area contributed by atoms with Gasteiger partial charge in [-0.3, -0.25) is 0 Å². The van der Waals surface area contributed by atoms with Crippen molar-refractivity contribution in [3.63, 3.8) is 0 Å². The lowest BCUT2D eigenvalue weighted by atomic mass is 9.43. The van der Waals surface area contributed by atoms with Gasteiger partial charge in [0.2, 0.25) is 0 Å². The first-order valence-corrected chi connectivity index (χ1v) is 27.3. The van der Waals surface area contributed by atoms with Gasteiger partial charge in [-0.25, -0.2) is 0 Å². The standard InChI is InChI=1S/C71H70BN3O/c1-45-39-59-57-42-54(73(51-30-23-47(24-31-51)68(2,3)4)52-32-25-48(26-33-52)69(5,6)7)36-38-62(57)75(53-34-27-49(28-35-53)70(8,9)10)72-60-43-58-55-21-17-18-22-65(55)76-66(58)44-63(60)74(64(40-45)67(59)72)61-37-29-50(71(11,12)13)41-56(61)46-19-15-14-16-20-46/h14-44H,1-13H3. The molecular formula is C71H70BN3O. The minimum Gasteiger partial charge on any atom is -0.456 e. The Hall–Kier alpha value is -7.76. The van der Waals surface area contributed by atoms with Crippen molar-refractivity contribution in [2.45, 2.75) is 112 Å². The van der Waals surface area contributed by atoms with Gasteiger partial charge in [-0.1, -0.05) is 186 Å². The molecule has 2 aliphatic rings. The van der Waals surface area contributed by atoms with E-state index >= 15 is 0 Å². The number of nitrogens with zero attached hydrogens (tertiary/aromatic N) is 3. The zero-order valence-electron chi connectivity index (χ0n) is 46.7. The van der Waals surface area contributed by atoms with Crippen molar-refractivity contribution >= 4 is 85.2 Å². The molecule has 2 aliphatic heterocycles. The molecule has 378 valence electrons. The van der Waals surface area contributed by atoms with Gasteiger partial charge in [0.15, 0.2) is 0 Å². The highest BCUT2D eigenvalue weighted by molar-refractivity contribution is 6.93. The molecule has 0 fully saturated rings. The van der Waals surface area contributed by atoms with E-state index in [4.69, 9.17) is 4.42 Å². The van der Waals surface area contributed by atoms with Crippen molar-refractivity contribution in [2.24, 2.45) is 0 Å². The molecule has 0 spiro atoms. The van der Waals surface area contributed by atoms with Crippen LogP contribution < -0.4 is 25.5 Å². The number of fused-ring (bicyclic) bond motifs is 7. The van der Waals surface area contributed by atoms with E-state index in [1.165, 1.54) is 72.4 Å². The average Bonchev–Trinajstić information content (AvgIpc) is 3.92. The molecule has 10 aromatic rings. The fourth-order valence-electron chi connectivity index (χ4n) is 11.8. The van der Waals surface area contributed by atoms with Crippen LogP contribution in [0, 0.1) is 6.92 Å². The Balaban J connectivity index is 1.17. The van der Waals surface area contributed by atoms with E-state index in [2.05, 4.69) is 293 Å². The lowest BCUT2D eigenvalue weighted by Gasteiger charge is -2.46. The topological polar surface area (TPSA) is 22.9 Å². The number of hydrogen-bond donors (Lipinski definition) is 0. The molecule has 3 heterocycles. The quantitative estimate of drug-likeness (QED) is 0.155. The fourth-order valence-corrected chi connectivity index (χ4v) is 11.8. The molecular weight excluding hydrogens is 922 g/mol. The molecule has 0 saturated heterocycles. The minimum absolute atomic E-state index is 0.00492. The Morgan fingerprint density at radius 1 is 0.395 bits per heavy atom. The Labute approximate surface area is 451 Å². The molecule has 0 amide bonds. The number of furan rings is 1. The molecule has 12 rings (SSSR count). The molecule has 9 aromatic carbocycles. The molecule has 5 heteroatoms. The Morgan fingerprint density at radius 2 is 0.934 bits per heavy atom. The summed E-state index contributed by atoms with van der Waals surface area (Å²) in [6.07, 6.45) is 0. The number of benzene rings is 9. The summed E-state index contributed by atoms with van der Waals surface area (Å²) in [6.45, 7) is 29.6. The van der Waals surface area contributed by atoms with Crippen molar-refractivity contribution in [1.29, 1.82) is 0 Å². The Morgan fingerprint density at radius 3 is 1.54 bits per heavy atom. The maximum atomic E-state index is 6.82. The summed E-state index contributed by atoms with van der Waals surface area (Å²) < 4.78 is 6.82. The number of aryl methyl sites for hydroxylation is 1. The summed E-state index contributed by atoms with van der Waals surface area (Å²) in [6, 6.07) is 71.3. The maximum Gasteiger partial charge on any atom is 0.333 e. The summed E-state index contributed by atoms with van der Waals surface area (Å²) >= 11 is 0. The highest BCUT2D eigenvalue weighted by Crippen LogP contribution is 2.52. The van der Waals surface area contributed by atoms with E-state index < -0.39 is 0 Å². The van der Waals surface area contributed by atoms with Gasteiger partial charge in [-0.05, 0) is 157 Å². The number of hydrogen-bond acceptors (Lipinski definition) is 4. The molecule has 4 nitrogen and oxygen atoms in total. The van der Waals surface area contributed by atoms with Crippen LogP contribution in [0.5, 0.6) is 0 Å². The highest BCUT2D eigenvalue weighted by Gasteiger charge is 2.46. The third-order valence-electron chi connectivity index (χ3n) is 16.1. The van der Waals surface area contributed by atoms with Crippen molar-refractivity contribution < 1.29 is 4.42 Å².